The first-order chi connectivity index (χ1) is 20.2. The number of carbonyl (C=O) groups excluding carboxylic acids is 4. The first-order valence-electron chi connectivity index (χ1n) is 15.2. The lowest BCUT2D eigenvalue weighted by molar-refractivity contribution is -0.126. The van der Waals surface area contributed by atoms with Crippen molar-refractivity contribution in [3.05, 3.63) is 59.7 Å². The van der Waals surface area contributed by atoms with Gasteiger partial charge in [0.05, 0.1) is 12.1 Å². The average Bonchev–Trinajstić information content (AvgIpc) is 3.70. The van der Waals surface area contributed by atoms with Crippen molar-refractivity contribution in [3.63, 3.8) is 0 Å². The number of hydrogen-bond acceptors (Lipinski definition) is 5. The zero-order valence-electron chi connectivity index (χ0n) is 24.5. The summed E-state index contributed by atoms with van der Waals surface area (Å²) in [6.45, 7) is 3.75. The molecule has 6 atom stereocenters. The number of benzene rings is 2. The van der Waals surface area contributed by atoms with Crippen LogP contribution in [0.5, 0.6) is 0 Å². The number of nitrogens with one attached hydrogen (secondary N) is 3. The molecule has 3 fully saturated rings. The first kappa shape index (κ1) is 29.8. The molecule has 1 saturated heterocycles. The van der Waals surface area contributed by atoms with Gasteiger partial charge in [-0.1, -0.05) is 43.7 Å². The third kappa shape index (κ3) is 7.18. The molecule has 2 saturated carbocycles. The van der Waals surface area contributed by atoms with Crippen LogP contribution in [0.25, 0.3) is 0 Å². The fourth-order valence-electron chi connectivity index (χ4n) is 6.88. The summed E-state index contributed by atoms with van der Waals surface area (Å²) in [5, 5.41) is 20.3. The molecular formula is C33H42N4O5. The molecule has 5 rings (SSSR count). The van der Waals surface area contributed by atoms with Crippen molar-refractivity contribution in [2.24, 2.45) is 17.8 Å². The number of aliphatic hydroxyl groups excluding tert-OH is 1. The summed E-state index contributed by atoms with van der Waals surface area (Å²) in [5.41, 5.74) is 2.16. The summed E-state index contributed by atoms with van der Waals surface area (Å²) < 4.78 is 0. The number of rotatable bonds is 11. The lowest BCUT2D eigenvalue weighted by Gasteiger charge is -2.28. The monoisotopic (exact) mass is 574 g/mol. The highest BCUT2D eigenvalue weighted by atomic mass is 16.3. The van der Waals surface area contributed by atoms with Crippen LogP contribution in [0.3, 0.4) is 0 Å². The highest BCUT2D eigenvalue weighted by Gasteiger charge is 2.40. The van der Waals surface area contributed by atoms with Gasteiger partial charge < -0.3 is 26.0 Å². The van der Waals surface area contributed by atoms with Crippen molar-refractivity contribution < 1.29 is 24.3 Å². The predicted octanol–water partition coefficient (Wildman–Crippen LogP) is 3.80. The van der Waals surface area contributed by atoms with E-state index in [-0.39, 0.29) is 35.7 Å². The molecule has 2 bridgehead atoms. The quantitative estimate of drug-likeness (QED) is 0.325. The molecular weight excluding hydrogens is 532 g/mol. The third-order valence-electron chi connectivity index (χ3n) is 9.07. The van der Waals surface area contributed by atoms with Crippen LogP contribution in [0.15, 0.2) is 48.5 Å². The van der Waals surface area contributed by atoms with E-state index in [4.69, 9.17) is 0 Å². The minimum Gasteiger partial charge on any atom is -0.391 e. The smallest absolute Gasteiger partial charge is 0.251 e. The van der Waals surface area contributed by atoms with Gasteiger partial charge in [0.2, 0.25) is 17.7 Å². The highest BCUT2D eigenvalue weighted by molar-refractivity contribution is 6.01. The Morgan fingerprint density at radius 3 is 2.50 bits per heavy atom. The Morgan fingerprint density at radius 1 is 1.07 bits per heavy atom. The lowest BCUT2D eigenvalue weighted by atomic mass is 9.91. The molecule has 0 spiro atoms. The van der Waals surface area contributed by atoms with Crippen LogP contribution in [0.2, 0.25) is 0 Å². The summed E-state index contributed by atoms with van der Waals surface area (Å²) in [5.74, 6) is 0.0477. The van der Waals surface area contributed by atoms with Crippen molar-refractivity contribution in [3.8, 4) is 0 Å². The van der Waals surface area contributed by atoms with Crippen LogP contribution in [0, 0.1) is 17.8 Å². The average molecular weight is 575 g/mol. The minimum absolute atomic E-state index is 0.0311. The molecule has 42 heavy (non-hydrogen) atoms. The van der Waals surface area contributed by atoms with E-state index in [2.05, 4.69) is 16.0 Å². The number of hydrogen-bond donors (Lipinski definition) is 4. The molecule has 3 unspecified atom stereocenters. The summed E-state index contributed by atoms with van der Waals surface area (Å²) in [4.78, 5) is 52.6. The van der Waals surface area contributed by atoms with Crippen LogP contribution < -0.4 is 20.9 Å². The molecule has 1 aliphatic heterocycles. The molecule has 3 aliphatic rings. The summed E-state index contributed by atoms with van der Waals surface area (Å²) >= 11 is 0. The van der Waals surface area contributed by atoms with Crippen LogP contribution in [0.4, 0.5) is 11.4 Å². The van der Waals surface area contributed by atoms with Gasteiger partial charge in [0.25, 0.3) is 5.91 Å². The number of fused-ring (bicyclic) bond motifs is 2. The maximum Gasteiger partial charge on any atom is 0.251 e. The van der Waals surface area contributed by atoms with Gasteiger partial charge in [-0.05, 0) is 74.1 Å². The van der Waals surface area contributed by atoms with Crippen LogP contribution in [0.1, 0.15) is 74.7 Å². The standard InChI is InChI=1S/C33H42N4O5/c1-20(32(41)35-28-16-23-10-11-24(28)14-23)13-30(39)29(15-22-7-4-3-5-8-22)36-33(42)25-17-26(34-21(2)38)19-27(18-25)37-12-6-9-31(37)40/h3-5,7-8,17-20,23-24,28-30,39H,6,9-16H2,1-2H3,(H,34,38)(H,35,41)(H,36,42)/t20-,23?,24?,28?,29+,30+/m1/s1. The Hall–Kier alpha value is -3.72. The zero-order valence-corrected chi connectivity index (χ0v) is 24.5. The second kappa shape index (κ2) is 13.1. The van der Waals surface area contributed by atoms with E-state index in [1.54, 1.807) is 23.1 Å². The van der Waals surface area contributed by atoms with Crippen molar-refractivity contribution in [2.75, 3.05) is 16.8 Å². The highest BCUT2D eigenvalue weighted by Crippen LogP contribution is 2.44. The van der Waals surface area contributed by atoms with E-state index < -0.39 is 24.0 Å². The SMILES string of the molecule is CC(=O)Nc1cc(C(=O)N[C@@H](Cc2ccccc2)[C@@H](O)C[C@@H](C)C(=O)NC2CC3CCC2C3)cc(N2CCCC2=O)c1. The number of amides is 4. The number of anilines is 2. The van der Waals surface area contributed by atoms with Gasteiger partial charge >= 0.3 is 0 Å². The fourth-order valence-corrected chi connectivity index (χ4v) is 6.88. The Balaban J connectivity index is 1.31. The lowest BCUT2D eigenvalue weighted by Crippen LogP contribution is -2.47. The van der Waals surface area contributed by atoms with Crippen LogP contribution in [-0.4, -0.2) is 53.5 Å². The molecule has 4 amide bonds. The molecule has 2 aromatic carbocycles. The van der Waals surface area contributed by atoms with Crippen LogP contribution >= 0.6 is 0 Å². The van der Waals surface area contributed by atoms with E-state index in [0.717, 1.165) is 24.3 Å². The molecule has 0 aromatic heterocycles. The largest absolute Gasteiger partial charge is 0.391 e. The van der Waals surface area contributed by atoms with Gasteiger partial charge in [0.15, 0.2) is 0 Å². The van der Waals surface area contributed by atoms with Gasteiger partial charge in [0, 0.05) is 48.8 Å². The zero-order chi connectivity index (χ0) is 29.8. The maximum atomic E-state index is 13.6. The van der Waals surface area contributed by atoms with Gasteiger partial charge in [0.1, 0.15) is 0 Å². The molecule has 1 heterocycles. The van der Waals surface area contributed by atoms with E-state index in [1.165, 1.54) is 26.2 Å². The maximum absolute atomic E-state index is 13.6. The van der Waals surface area contributed by atoms with E-state index in [1.807, 2.05) is 37.3 Å². The molecule has 4 N–H and O–H groups in total. The Bertz CT molecular complexity index is 1310. The second-order valence-corrected chi connectivity index (χ2v) is 12.4. The molecule has 2 aromatic rings. The first-order valence-corrected chi connectivity index (χ1v) is 15.2. The molecule has 224 valence electrons. The topological polar surface area (TPSA) is 128 Å². The summed E-state index contributed by atoms with van der Waals surface area (Å²) in [6.07, 6.45) is 5.43. The van der Waals surface area contributed by atoms with Crippen LogP contribution in [-0.2, 0) is 20.8 Å². The fraction of sp³-hybridized carbons (Fsp3) is 0.515. The second-order valence-electron chi connectivity index (χ2n) is 12.4. The predicted molar refractivity (Wildman–Crippen MR) is 161 cm³/mol. The summed E-state index contributed by atoms with van der Waals surface area (Å²) in [6, 6.07) is 14.0. The number of carbonyl (C=O) groups is 4. The van der Waals surface area contributed by atoms with Gasteiger partial charge in [-0.2, -0.15) is 0 Å². The van der Waals surface area contributed by atoms with E-state index >= 15 is 0 Å². The van der Waals surface area contributed by atoms with Crippen molar-refractivity contribution in [2.45, 2.75) is 83.4 Å². The molecule has 2 aliphatic carbocycles. The Labute approximate surface area is 247 Å². The normalized spacial score (nSPS) is 23.4. The molecule has 9 heteroatoms. The molecule has 0 radical (unpaired) electrons. The van der Waals surface area contributed by atoms with Crippen molar-refractivity contribution >= 4 is 35.0 Å². The minimum atomic E-state index is -0.979. The summed E-state index contributed by atoms with van der Waals surface area (Å²) in [7, 11) is 0. The van der Waals surface area contributed by atoms with Crippen molar-refractivity contribution in [1.29, 1.82) is 0 Å². The molecule has 9 nitrogen and oxygen atoms in total. The van der Waals surface area contributed by atoms with Gasteiger partial charge in [-0.25, -0.2) is 0 Å². The Morgan fingerprint density at radius 2 is 1.86 bits per heavy atom. The number of nitrogens with zero attached hydrogens (tertiary/aromatic N) is 1. The number of aliphatic hydroxyl groups is 1. The van der Waals surface area contributed by atoms with E-state index in [0.29, 0.717) is 36.7 Å². The van der Waals surface area contributed by atoms with Crippen molar-refractivity contribution in [1.82, 2.24) is 10.6 Å². The van der Waals surface area contributed by atoms with Gasteiger partial charge in [-0.3, -0.25) is 19.2 Å². The Kier molecular flexibility index (Phi) is 9.26. The third-order valence-corrected chi connectivity index (χ3v) is 9.07. The van der Waals surface area contributed by atoms with E-state index in [9.17, 15) is 24.3 Å². The van der Waals surface area contributed by atoms with Gasteiger partial charge in [-0.15, -0.1) is 0 Å².